The number of benzene rings is 1. The predicted molar refractivity (Wildman–Crippen MR) is 80.6 cm³/mol. The minimum Gasteiger partial charge on any atom is -0.469 e. The number of furan rings is 1. The highest BCUT2D eigenvalue weighted by atomic mass is 79.9. The number of hydrogen-bond donors (Lipinski definition) is 0. The van der Waals surface area contributed by atoms with Crippen LogP contribution in [0, 0.1) is 0 Å². The molecule has 3 rings (SSSR count). The molecule has 1 heterocycles. The van der Waals surface area contributed by atoms with Crippen LogP contribution in [0.3, 0.4) is 0 Å². The minimum absolute atomic E-state index is 0.0678. The third-order valence-corrected chi connectivity index (χ3v) is 4.87. The van der Waals surface area contributed by atoms with Gasteiger partial charge in [0, 0.05) is 16.5 Å². The molecule has 21 heavy (non-hydrogen) atoms. The summed E-state index contributed by atoms with van der Waals surface area (Å²) >= 11 is 3.25. The molecule has 0 spiro atoms. The van der Waals surface area contributed by atoms with Crippen LogP contribution < -0.4 is 0 Å². The van der Waals surface area contributed by atoms with Gasteiger partial charge in [-0.25, -0.2) is 0 Å². The van der Waals surface area contributed by atoms with E-state index in [1.54, 1.807) is 24.5 Å². The molecule has 0 unspecified atom stereocenters. The lowest BCUT2D eigenvalue weighted by molar-refractivity contribution is 0.337. The fraction of sp³-hybridized carbons (Fsp3) is 0.214. The predicted octanol–water partition coefficient (Wildman–Crippen LogP) is 3.49. The highest BCUT2D eigenvalue weighted by Crippen LogP contribution is 2.24. The summed E-state index contributed by atoms with van der Waals surface area (Å²) in [6, 6.07) is 7.98. The standard InChI is InChI=1S/C14H12BrNO4S/c15-10-4-6-11(7-5-10)21(17,18)20-16-13-2-1-3-14-12(13)8-9-19-14/h4-9H,1-3H2. The van der Waals surface area contributed by atoms with Crippen molar-refractivity contribution in [3.05, 3.63) is 52.4 Å². The quantitative estimate of drug-likeness (QED) is 0.776. The zero-order valence-electron chi connectivity index (χ0n) is 11.0. The molecule has 110 valence electrons. The molecule has 0 aliphatic heterocycles. The Labute approximate surface area is 130 Å². The van der Waals surface area contributed by atoms with Crippen LogP contribution in [0.15, 0.2) is 55.5 Å². The third-order valence-electron chi connectivity index (χ3n) is 3.22. The molecular weight excluding hydrogens is 358 g/mol. The molecule has 1 aliphatic carbocycles. The molecule has 0 atom stereocenters. The van der Waals surface area contributed by atoms with Crippen molar-refractivity contribution in [1.82, 2.24) is 0 Å². The summed E-state index contributed by atoms with van der Waals surface area (Å²) in [4.78, 5) is 0.0678. The lowest BCUT2D eigenvalue weighted by atomic mass is 9.97. The molecule has 2 aromatic rings. The highest BCUT2D eigenvalue weighted by molar-refractivity contribution is 9.10. The van der Waals surface area contributed by atoms with Gasteiger partial charge in [0.2, 0.25) is 0 Å². The van der Waals surface area contributed by atoms with Gasteiger partial charge in [0.05, 0.1) is 12.0 Å². The molecule has 0 amide bonds. The van der Waals surface area contributed by atoms with Gasteiger partial charge in [0.15, 0.2) is 0 Å². The average Bonchev–Trinajstić information content (AvgIpc) is 2.94. The van der Waals surface area contributed by atoms with Gasteiger partial charge >= 0.3 is 10.1 Å². The molecule has 0 bridgehead atoms. The van der Waals surface area contributed by atoms with Crippen LogP contribution >= 0.6 is 15.9 Å². The van der Waals surface area contributed by atoms with Gasteiger partial charge < -0.3 is 4.42 Å². The Morgan fingerprint density at radius 1 is 1.14 bits per heavy atom. The summed E-state index contributed by atoms with van der Waals surface area (Å²) in [6.07, 6.45) is 3.94. The molecule has 0 radical (unpaired) electrons. The lowest BCUT2D eigenvalue weighted by Gasteiger charge is -2.11. The smallest absolute Gasteiger partial charge is 0.358 e. The van der Waals surface area contributed by atoms with E-state index in [2.05, 4.69) is 21.1 Å². The molecule has 1 aromatic heterocycles. The van der Waals surface area contributed by atoms with E-state index in [0.29, 0.717) is 12.1 Å². The number of rotatable bonds is 3. The summed E-state index contributed by atoms with van der Waals surface area (Å²) in [5.74, 6) is 0.824. The Bertz CT molecular complexity index is 778. The van der Waals surface area contributed by atoms with Crippen molar-refractivity contribution < 1.29 is 17.1 Å². The summed E-state index contributed by atoms with van der Waals surface area (Å²) in [6.45, 7) is 0. The summed E-state index contributed by atoms with van der Waals surface area (Å²) in [5, 5.41) is 3.82. The molecule has 7 heteroatoms. The van der Waals surface area contributed by atoms with Crippen molar-refractivity contribution in [2.45, 2.75) is 24.2 Å². The van der Waals surface area contributed by atoms with Gasteiger partial charge in [-0.1, -0.05) is 21.1 Å². The second-order valence-electron chi connectivity index (χ2n) is 4.63. The van der Waals surface area contributed by atoms with Gasteiger partial charge in [0.1, 0.15) is 10.7 Å². The van der Waals surface area contributed by atoms with Gasteiger partial charge in [-0.3, -0.25) is 4.28 Å². The number of oxime groups is 1. The van der Waals surface area contributed by atoms with E-state index in [1.165, 1.54) is 12.1 Å². The zero-order chi connectivity index (χ0) is 14.9. The van der Waals surface area contributed by atoms with Crippen LogP contribution in [0.4, 0.5) is 0 Å². The van der Waals surface area contributed by atoms with E-state index in [1.807, 2.05) is 0 Å². The van der Waals surface area contributed by atoms with Gasteiger partial charge in [0.25, 0.3) is 0 Å². The lowest BCUT2D eigenvalue weighted by Crippen LogP contribution is -2.12. The topological polar surface area (TPSA) is 68.9 Å². The fourth-order valence-electron chi connectivity index (χ4n) is 2.18. The number of fused-ring (bicyclic) bond motifs is 1. The molecule has 1 aromatic carbocycles. The average molecular weight is 370 g/mol. The molecule has 5 nitrogen and oxygen atoms in total. The Hall–Kier alpha value is -1.60. The first kappa shape index (κ1) is 14.3. The van der Waals surface area contributed by atoms with Crippen LogP contribution in [-0.2, 0) is 20.8 Å². The highest BCUT2D eigenvalue weighted by Gasteiger charge is 2.21. The Morgan fingerprint density at radius 3 is 2.67 bits per heavy atom. The van der Waals surface area contributed by atoms with E-state index in [9.17, 15) is 8.42 Å². The first-order valence-electron chi connectivity index (χ1n) is 6.39. The maximum absolute atomic E-state index is 12.1. The summed E-state index contributed by atoms with van der Waals surface area (Å²) < 4.78 is 35.1. The number of aryl methyl sites for hydroxylation is 1. The maximum atomic E-state index is 12.1. The molecule has 0 saturated carbocycles. The second-order valence-corrected chi connectivity index (χ2v) is 7.08. The van der Waals surface area contributed by atoms with Crippen LogP contribution in [0.5, 0.6) is 0 Å². The number of hydrogen-bond acceptors (Lipinski definition) is 5. The van der Waals surface area contributed by atoms with Gasteiger partial charge in [-0.2, -0.15) is 8.42 Å². The second kappa shape index (κ2) is 5.65. The third kappa shape index (κ3) is 3.03. The van der Waals surface area contributed by atoms with Crippen LogP contribution in [-0.4, -0.2) is 14.1 Å². The van der Waals surface area contributed by atoms with Gasteiger partial charge in [-0.05, 0) is 43.2 Å². The Morgan fingerprint density at radius 2 is 1.90 bits per heavy atom. The minimum atomic E-state index is -3.90. The van der Waals surface area contributed by atoms with E-state index >= 15 is 0 Å². The maximum Gasteiger partial charge on any atom is 0.358 e. The summed E-state index contributed by atoms with van der Waals surface area (Å²) in [7, 11) is -3.90. The van der Waals surface area contributed by atoms with E-state index in [-0.39, 0.29) is 4.90 Å². The van der Waals surface area contributed by atoms with Crippen molar-refractivity contribution in [2.75, 3.05) is 0 Å². The molecule has 1 aliphatic rings. The summed E-state index contributed by atoms with van der Waals surface area (Å²) in [5.41, 5.74) is 1.43. The Kier molecular flexibility index (Phi) is 3.86. The van der Waals surface area contributed by atoms with Gasteiger partial charge in [-0.15, -0.1) is 0 Å². The molecular formula is C14H12BrNO4S. The van der Waals surface area contributed by atoms with Crippen molar-refractivity contribution in [1.29, 1.82) is 0 Å². The van der Waals surface area contributed by atoms with Crippen molar-refractivity contribution in [2.24, 2.45) is 5.16 Å². The number of nitrogens with zero attached hydrogens (tertiary/aromatic N) is 1. The van der Waals surface area contributed by atoms with Crippen molar-refractivity contribution in [3.8, 4) is 0 Å². The molecule has 0 N–H and O–H groups in total. The van der Waals surface area contributed by atoms with E-state index in [4.69, 9.17) is 8.70 Å². The van der Waals surface area contributed by atoms with E-state index in [0.717, 1.165) is 28.6 Å². The van der Waals surface area contributed by atoms with Crippen LogP contribution in [0.2, 0.25) is 0 Å². The van der Waals surface area contributed by atoms with E-state index < -0.39 is 10.1 Å². The number of halogens is 1. The van der Waals surface area contributed by atoms with Crippen molar-refractivity contribution >= 4 is 31.8 Å². The molecule has 0 fully saturated rings. The monoisotopic (exact) mass is 369 g/mol. The van der Waals surface area contributed by atoms with Crippen LogP contribution in [0.1, 0.15) is 24.2 Å². The first-order chi connectivity index (χ1) is 10.1. The largest absolute Gasteiger partial charge is 0.469 e. The first-order valence-corrected chi connectivity index (χ1v) is 8.59. The zero-order valence-corrected chi connectivity index (χ0v) is 13.4. The Balaban J connectivity index is 1.85. The molecule has 0 saturated heterocycles. The normalized spacial score (nSPS) is 16.7. The SMILES string of the molecule is O=S(=O)(ON=C1CCCc2occc21)c1ccc(Br)cc1. The van der Waals surface area contributed by atoms with Crippen LogP contribution in [0.25, 0.3) is 0 Å². The van der Waals surface area contributed by atoms with Crippen molar-refractivity contribution in [3.63, 3.8) is 0 Å². The fourth-order valence-corrected chi connectivity index (χ4v) is 3.18.